The molecule has 0 fully saturated rings. The smallest absolute Gasteiger partial charge is 0.241 e. The molecule has 0 aliphatic rings. The fourth-order valence-corrected chi connectivity index (χ4v) is 3.62. The van der Waals surface area contributed by atoms with Crippen LogP contribution in [0.25, 0.3) is 0 Å². The summed E-state index contributed by atoms with van der Waals surface area (Å²) in [5, 5.41) is 0. The Morgan fingerprint density at radius 3 is 2.17 bits per heavy atom. The van der Waals surface area contributed by atoms with Crippen LogP contribution in [0.3, 0.4) is 0 Å². The van der Waals surface area contributed by atoms with Crippen molar-refractivity contribution in [2.45, 2.75) is 37.6 Å². The number of rotatable bonds is 7. The lowest BCUT2D eigenvalue weighted by atomic mass is 10.0. The van der Waals surface area contributed by atoms with Crippen LogP contribution >= 0.6 is 0 Å². The summed E-state index contributed by atoms with van der Waals surface area (Å²) in [6.45, 7) is 3.98. The Morgan fingerprint density at radius 2 is 1.65 bits per heavy atom. The number of ether oxygens (including phenoxy) is 1. The van der Waals surface area contributed by atoms with Crippen molar-refractivity contribution in [3.05, 3.63) is 59.7 Å². The molecule has 0 aliphatic heterocycles. The summed E-state index contributed by atoms with van der Waals surface area (Å²) in [7, 11) is -2.01. The minimum Gasteiger partial charge on any atom is -0.497 e. The highest BCUT2D eigenvalue weighted by atomic mass is 32.2. The van der Waals surface area contributed by atoms with E-state index < -0.39 is 10.0 Å². The predicted molar refractivity (Wildman–Crippen MR) is 92.2 cm³/mol. The largest absolute Gasteiger partial charge is 0.497 e. The molecular weight excluding hydrogens is 310 g/mol. The van der Waals surface area contributed by atoms with Gasteiger partial charge in [0.25, 0.3) is 0 Å². The molecule has 5 heteroatoms. The molecule has 2 aromatic carbocycles. The van der Waals surface area contributed by atoms with E-state index in [2.05, 4.69) is 23.8 Å². The van der Waals surface area contributed by atoms with Crippen molar-refractivity contribution >= 4 is 10.0 Å². The van der Waals surface area contributed by atoms with E-state index in [9.17, 15) is 8.42 Å². The maximum Gasteiger partial charge on any atom is 0.241 e. The third-order valence-corrected chi connectivity index (χ3v) is 5.28. The van der Waals surface area contributed by atoms with Gasteiger partial charge in [0.2, 0.25) is 10.0 Å². The van der Waals surface area contributed by atoms with Gasteiger partial charge in [-0.25, -0.2) is 13.1 Å². The molecule has 0 aromatic heterocycles. The first kappa shape index (κ1) is 17.5. The second-order valence-corrected chi connectivity index (χ2v) is 7.22. The predicted octanol–water partition coefficient (Wildman–Crippen LogP) is 3.69. The van der Waals surface area contributed by atoms with Crippen molar-refractivity contribution in [3.8, 4) is 5.75 Å². The van der Waals surface area contributed by atoms with Gasteiger partial charge in [-0.15, -0.1) is 0 Å². The van der Waals surface area contributed by atoms with Crippen LogP contribution in [0, 0.1) is 0 Å². The Hall–Kier alpha value is -1.85. The number of benzene rings is 2. The lowest BCUT2D eigenvalue weighted by Crippen LogP contribution is -2.26. The SMILES string of the molecule is CCCc1ccc([C@@H](C)NS(=O)(=O)c2ccc(OC)cc2)cc1. The van der Waals surface area contributed by atoms with Crippen LogP contribution in [0.4, 0.5) is 0 Å². The molecule has 124 valence electrons. The number of methoxy groups -OCH3 is 1. The van der Waals surface area contributed by atoms with Gasteiger partial charge in [0.15, 0.2) is 0 Å². The van der Waals surface area contributed by atoms with Gasteiger partial charge in [0, 0.05) is 6.04 Å². The van der Waals surface area contributed by atoms with Crippen molar-refractivity contribution in [2.75, 3.05) is 7.11 Å². The van der Waals surface area contributed by atoms with Gasteiger partial charge in [0.05, 0.1) is 12.0 Å². The van der Waals surface area contributed by atoms with E-state index in [0.717, 1.165) is 18.4 Å². The highest BCUT2D eigenvalue weighted by Gasteiger charge is 2.18. The monoisotopic (exact) mass is 333 g/mol. The number of nitrogens with one attached hydrogen (secondary N) is 1. The average Bonchev–Trinajstić information content (AvgIpc) is 2.55. The van der Waals surface area contributed by atoms with E-state index in [-0.39, 0.29) is 10.9 Å². The van der Waals surface area contributed by atoms with Crippen LogP contribution in [-0.4, -0.2) is 15.5 Å². The molecule has 1 N–H and O–H groups in total. The van der Waals surface area contributed by atoms with Crippen molar-refractivity contribution < 1.29 is 13.2 Å². The van der Waals surface area contributed by atoms with E-state index in [4.69, 9.17) is 4.74 Å². The number of aryl methyl sites for hydroxylation is 1. The second kappa shape index (κ2) is 7.62. The fourth-order valence-electron chi connectivity index (χ4n) is 2.39. The van der Waals surface area contributed by atoms with Crippen molar-refractivity contribution in [2.24, 2.45) is 0 Å². The Bertz CT molecular complexity index is 722. The highest BCUT2D eigenvalue weighted by molar-refractivity contribution is 7.89. The first-order valence-electron chi connectivity index (χ1n) is 7.71. The molecule has 0 saturated heterocycles. The standard InChI is InChI=1S/C18H23NO3S/c1-4-5-15-6-8-16(9-7-15)14(2)19-23(20,21)18-12-10-17(22-3)11-13-18/h6-14,19H,4-5H2,1-3H3/t14-/m1/s1. The molecular formula is C18H23NO3S. The van der Waals surface area contributed by atoms with Gasteiger partial charge in [-0.1, -0.05) is 37.6 Å². The van der Waals surface area contributed by atoms with Gasteiger partial charge >= 0.3 is 0 Å². The normalized spacial score (nSPS) is 12.8. The van der Waals surface area contributed by atoms with Crippen LogP contribution in [-0.2, 0) is 16.4 Å². The van der Waals surface area contributed by atoms with Crippen molar-refractivity contribution in [3.63, 3.8) is 0 Å². The summed E-state index contributed by atoms with van der Waals surface area (Å²) in [6.07, 6.45) is 2.13. The van der Waals surface area contributed by atoms with Gasteiger partial charge in [0.1, 0.15) is 5.75 Å². The molecule has 0 bridgehead atoms. The van der Waals surface area contributed by atoms with E-state index >= 15 is 0 Å². The molecule has 0 radical (unpaired) electrons. The van der Waals surface area contributed by atoms with E-state index in [1.807, 2.05) is 19.1 Å². The van der Waals surface area contributed by atoms with Gasteiger partial charge < -0.3 is 4.74 Å². The third-order valence-electron chi connectivity index (χ3n) is 3.72. The first-order chi connectivity index (χ1) is 11.0. The Labute approximate surface area is 138 Å². The Morgan fingerprint density at radius 1 is 1.04 bits per heavy atom. The average molecular weight is 333 g/mol. The van der Waals surface area contributed by atoms with Crippen LogP contribution in [0.1, 0.15) is 37.4 Å². The number of hydrogen-bond acceptors (Lipinski definition) is 3. The van der Waals surface area contributed by atoms with Crippen LogP contribution in [0.2, 0.25) is 0 Å². The number of hydrogen-bond donors (Lipinski definition) is 1. The van der Waals surface area contributed by atoms with Crippen LogP contribution in [0.15, 0.2) is 53.4 Å². The summed E-state index contributed by atoms with van der Waals surface area (Å²) in [5.74, 6) is 0.628. The van der Waals surface area contributed by atoms with E-state index in [1.54, 1.807) is 19.2 Å². The van der Waals surface area contributed by atoms with Crippen LogP contribution < -0.4 is 9.46 Å². The fraction of sp³-hybridized carbons (Fsp3) is 0.333. The van der Waals surface area contributed by atoms with Gasteiger partial charge in [-0.2, -0.15) is 0 Å². The molecule has 0 spiro atoms. The minimum atomic E-state index is -3.56. The lowest BCUT2D eigenvalue weighted by Gasteiger charge is -2.15. The molecule has 0 saturated carbocycles. The third kappa shape index (κ3) is 4.56. The maximum atomic E-state index is 12.4. The van der Waals surface area contributed by atoms with Gasteiger partial charge in [-0.05, 0) is 48.7 Å². The van der Waals surface area contributed by atoms with E-state index in [1.165, 1.54) is 17.7 Å². The lowest BCUT2D eigenvalue weighted by molar-refractivity contribution is 0.414. The topological polar surface area (TPSA) is 55.4 Å². The van der Waals surface area contributed by atoms with E-state index in [0.29, 0.717) is 5.75 Å². The molecule has 2 aromatic rings. The van der Waals surface area contributed by atoms with Crippen molar-refractivity contribution in [1.82, 2.24) is 4.72 Å². The molecule has 0 unspecified atom stereocenters. The first-order valence-corrected chi connectivity index (χ1v) is 9.20. The summed E-state index contributed by atoms with van der Waals surface area (Å²) < 4.78 is 32.6. The summed E-state index contributed by atoms with van der Waals surface area (Å²) in [5.41, 5.74) is 2.21. The molecule has 0 heterocycles. The zero-order chi connectivity index (χ0) is 16.9. The minimum absolute atomic E-state index is 0.229. The van der Waals surface area contributed by atoms with Gasteiger partial charge in [-0.3, -0.25) is 0 Å². The molecule has 0 aliphatic carbocycles. The summed E-state index contributed by atoms with van der Waals surface area (Å²) >= 11 is 0. The summed E-state index contributed by atoms with van der Waals surface area (Å²) in [6, 6.07) is 14.1. The summed E-state index contributed by atoms with van der Waals surface area (Å²) in [4.78, 5) is 0.229. The molecule has 0 amide bonds. The van der Waals surface area contributed by atoms with Crippen LogP contribution in [0.5, 0.6) is 5.75 Å². The number of sulfonamides is 1. The Kier molecular flexibility index (Phi) is 5.80. The quantitative estimate of drug-likeness (QED) is 0.841. The zero-order valence-electron chi connectivity index (χ0n) is 13.7. The maximum absolute atomic E-state index is 12.4. The highest BCUT2D eigenvalue weighted by Crippen LogP contribution is 2.20. The zero-order valence-corrected chi connectivity index (χ0v) is 14.6. The molecule has 1 atom stereocenters. The Balaban J connectivity index is 2.12. The molecule has 2 rings (SSSR count). The molecule has 4 nitrogen and oxygen atoms in total. The molecule has 23 heavy (non-hydrogen) atoms. The second-order valence-electron chi connectivity index (χ2n) is 5.51. The van der Waals surface area contributed by atoms with Crippen molar-refractivity contribution in [1.29, 1.82) is 0 Å².